The lowest BCUT2D eigenvalue weighted by Gasteiger charge is -2.31. The Labute approximate surface area is 113 Å². The molecule has 104 valence electrons. The maximum Gasteiger partial charge on any atom is 0.159 e. The van der Waals surface area contributed by atoms with Crippen molar-refractivity contribution >= 4 is 5.78 Å². The maximum absolute atomic E-state index is 11.4. The predicted molar refractivity (Wildman–Crippen MR) is 73.2 cm³/mol. The number of ketones is 1. The molecule has 1 aromatic rings. The van der Waals surface area contributed by atoms with E-state index in [1.807, 2.05) is 0 Å². The van der Waals surface area contributed by atoms with E-state index in [0.717, 1.165) is 31.5 Å². The molecule has 4 nitrogen and oxygen atoms in total. The van der Waals surface area contributed by atoms with Crippen LogP contribution in [0.15, 0.2) is 18.2 Å². The predicted octanol–water partition coefficient (Wildman–Crippen LogP) is 1.80. The van der Waals surface area contributed by atoms with Crippen LogP contribution >= 0.6 is 0 Å². The molecule has 0 bridgehead atoms. The Balaban J connectivity index is 2.09. The van der Waals surface area contributed by atoms with Crippen LogP contribution in [0.4, 0.5) is 0 Å². The summed E-state index contributed by atoms with van der Waals surface area (Å²) in [4.78, 5) is 13.6. The van der Waals surface area contributed by atoms with Crippen LogP contribution in [0.2, 0.25) is 0 Å². The second-order valence-corrected chi connectivity index (χ2v) is 5.33. The fourth-order valence-electron chi connectivity index (χ4n) is 2.62. The number of phenolic OH excluding ortho intramolecular Hbond substituents is 1. The quantitative estimate of drug-likeness (QED) is 0.813. The average molecular weight is 263 g/mol. The van der Waals surface area contributed by atoms with Crippen molar-refractivity contribution in [3.8, 4) is 5.75 Å². The first-order valence-corrected chi connectivity index (χ1v) is 6.76. The number of phenols is 1. The molecule has 0 radical (unpaired) electrons. The Hall–Kier alpha value is -1.39. The Morgan fingerprint density at radius 2 is 2.26 bits per heavy atom. The summed E-state index contributed by atoms with van der Waals surface area (Å²) in [5, 5.41) is 19.1. The third-order valence-electron chi connectivity index (χ3n) is 3.74. The van der Waals surface area contributed by atoms with E-state index in [9.17, 15) is 15.0 Å². The number of Topliss-reactive ketones (excluding diaryl/α,β-unsaturated/α-hetero) is 1. The van der Waals surface area contributed by atoms with Crippen molar-refractivity contribution in [1.29, 1.82) is 0 Å². The molecule has 1 heterocycles. The second kappa shape index (κ2) is 6.17. The fraction of sp³-hybridized carbons (Fsp3) is 0.533. The zero-order chi connectivity index (χ0) is 13.8. The number of aliphatic hydroxyl groups excluding tert-OH is 1. The van der Waals surface area contributed by atoms with Crippen LogP contribution in [0.25, 0.3) is 0 Å². The minimum Gasteiger partial charge on any atom is -0.508 e. The number of hydrogen-bond acceptors (Lipinski definition) is 4. The molecule has 0 amide bonds. The Kier molecular flexibility index (Phi) is 4.56. The van der Waals surface area contributed by atoms with Gasteiger partial charge < -0.3 is 10.2 Å². The van der Waals surface area contributed by atoms with E-state index >= 15 is 0 Å². The van der Waals surface area contributed by atoms with Gasteiger partial charge in [0.25, 0.3) is 0 Å². The molecule has 1 fully saturated rings. The number of carbonyl (C=O) groups is 1. The fourth-order valence-corrected chi connectivity index (χ4v) is 2.62. The summed E-state index contributed by atoms with van der Waals surface area (Å²) in [5.41, 5.74) is 1.41. The van der Waals surface area contributed by atoms with Crippen LogP contribution < -0.4 is 0 Å². The van der Waals surface area contributed by atoms with Crippen molar-refractivity contribution in [2.24, 2.45) is 5.92 Å². The van der Waals surface area contributed by atoms with E-state index in [2.05, 4.69) is 4.90 Å². The lowest BCUT2D eigenvalue weighted by Crippen LogP contribution is -2.36. The van der Waals surface area contributed by atoms with Crippen molar-refractivity contribution in [3.63, 3.8) is 0 Å². The van der Waals surface area contributed by atoms with E-state index in [0.29, 0.717) is 18.0 Å². The van der Waals surface area contributed by atoms with Gasteiger partial charge in [-0.25, -0.2) is 0 Å². The number of rotatable bonds is 4. The van der Waals surface area contributed by atoms with Crippen LogP contribution in [-0.2, 0) is 6.54 Å². The van der Waals surface area contributed by atoms with E-state index in [4.69, 9.17) is 0 Å². The topological polar surface area (TPSA) is 60.8 Å². The smallest absolute Gasteiger partial charge is 0.159 e. The third-order valence-corrected chi connectivity index (χ3v) is 3.74. The van der Waals surface area contributed by atoms with Gasteiger partial charge >= 0.3 is 0 Å². The highest BCUT2D eigenvalue weighted by atomic mass is 16.3. The lowest BCUT2D eigenvalue weighted by atomic mass is 9.98. The molecule has 1 atom stereocenters. The number of benzene rings is 1. The molecule has 0 saturated carbocycles. The molecule has 1 saturated heterocycles. The molecule has 1 aromatic carbocycles. The van der Waals surface area contributed by atoms with Gasteiger partial charge in [-0.15, -0.1) is 0 Å². The second-order valence-electron chi connectivity index (χ2n) is 5.33. The van der Waals surface area contributed by atoms with Gasteiger partial charge in [0, 0.05) is 30.8 Å². The number of aromatic hydroxyl groups is 1. The standard InChI is InChI=1S/C15H21NO3/c1-11(18)13-4-5-15(19)14(7-13)9-16-6-2-3-12(8-16)10-17/h4-5,7,12,17,19H,2-3,6,8-10H2,1H3. The van der Waals surface area contributed by atoms with E-state index in [-0.39, 0.29) is 18.1 Å². The van der Waals surface area contributed by atoms with Crippen molar-refractivity contribution < 1.29 is 15.0 Å². The number of aliphatic hydroxyl groups is 1. The number of likely N-dealkylation sites (tertiary alicyclic amines) is 1. The van der Waals surface area contributed by atoms with Gasteiger partial charge in [0.05, 0.1) is 0 Å². The molecule has 2 N–H and O–H groups in total. The molecule has 0 spiro atoms. The molecule has 19 heavy (non-hydrogen) atoms. The monoisotopic (exact) mass is 263 g/mol. The highest BCUT2D eigenvalue weighted by Gasteiger charge is 2.20. The van der Waals surface area contributed by atoms with Crippen molar-refractivity contribution in [3.05, 3.63) is 29.3 Å². The van der Waals surface area contributed by atoms with Crippen molar-refractivity contribution in [1.82, 2.24) is 4.90 Å². The molecule has 1 aliphatic rings. The molecule has 1 unspecified atom stereocenters. The summed E-state index contributed by atoms with van der Waals surface area (Å²) in [6.45, 7) is 4.19. The minimum absolute atomic E-state index is 0.00753. The normalized spacial score (nSPS) is 20.4. The molecule has 4 heteroatoms. The van der Waals surface area contributed by atoms with Gasteiger partial charge in [-0.3, -0.25) is 9.69 Å². The molecule has 0 aliphatic carbocycles. The highest BCUT2D eigenvalue weighted by Crippen LogP contribution is 2.24. The van der Waals surface area contributed by atoms with Gasteiger partial charge in [0.15, 0.2) is 5.78 Å². The van der Waals surface area contributed by atoms with Crippen LogP contribution in [0.5, 0.6) is 5.75 Å². The van der Waals surface area contributed by atoms with Gasteiger partial charge in [0.1, 0.15) is 5.75 Å². The Bertz CT molecular complexity index is 459. The maximum atomic E-state index is 11.4. The Morgan fingerprint density at radius 1 is 1.47 bits per heavy atom. The van der Waals surface area contributed by atoms with Crippen LogP contribution in [0.3, 0.4) is 0 Å². The molecule has 0 aromatic heterocycles. The first kappa shape index (κ1) is 14.0. The van der Waals surface area contributed by atoms with Crippen molar-refractivity contribution in [2.45, 2.75) is 26.3 Å². The van der Waals surface area contributed by atoms with Crippen LogP contribution in [0, 0.1) is 5.92 Å². The molecular formula is C15H21NO3. The zero-order valence-corrected chi connectivity index (χ0v) is 11.3. The van der Waals surface area contributed by atoms with Gasteiger partial charge in [0.2, 0.25) is 0 Å². The number of nitrogens with zero attached hydrogens (tertiary/aromatic N) is 1. The SMILES string of the molecule is CC(=O)c1ccc(O)c(CN2CCCC(CO)C2)c1. The van der Waals surface area contributed by atoms with Gasteiger partial charge in [-0.05, 0) is 50.4 Å². The van der Waals surface area contributed by atoms with Crippen LogP contribution in [0.1, 0.15) is 35.7 Å². The molecular weight excluding hydrogens is 242 g/mol. The summed E-state index contributed by atoms with van der Waals surface area (Å²) in [5.74, 6) is 0.566. The number of carbonyl (C=O) groups excluding carboxylic acids is 1. The van der Waals surface area contributed by atoms with Crippen LogP contribution in [-0.4, -0.2) is 40.6 Å². The van der Waals surface area contributed by atoms with E-state index in [1.165, 1.54) is 6.92 Å². The first-order valence-electron chi connectivity index (χ1n) is 6.76. The summed E-state index contributed by atoms with van der Waals surface area (Å²) >= 11 is 0. The van der Waals surface area contributed by atoms with Crippen molar-refractivity contribution in [2.75, 3.05) is 19.7 Å². The number of piperidine rings is 1. The summed E-state index contributed by atoms with van der Waals surface area (Å²) < 4.78 is 0. The zero-order valence-electron chi connectivity index (χ0n) is 11.3. The van der Waals surface area contributed by atoms with E-state index < -0.39 is 0 Å². The molecule has 2 rings (SSSR count). The minimum atomic E-state index is 0.00753. The lowest BCUT2D eigenvalue weighted by molar-refractivity contribution is 0.101. The largest absolute Gasteiger partial charge is 0.508 e. The summed E-state index contributed by atoms with van der Waals surface area (Å²) in [6, 6.07) is 4.99. The third kappa shape index (κ3) is 3.55. The Morgan fingerprint density at radius 3 is 2.95 bits per heavy atom. The summed E-state index contributed by atoms with van der Waals surface area (Å²) in [6.07, 6.45) is 2.13. The molecule has 1 aliphatic heterocycles. The highest BCUT2D eigenvalue weighted by molar-refractivity contribution is 5.94. The number of hydrogen-bond donors (Lipinski definition) is 2. The summed E-state index contributed by atoms with van der Waals surface area (Å²) in [7, 11) is 0. The van der Waals surface area contributed by atoms with E-state index in [1.54, 1.807) is 18.2 Å². The average Bonchev–Trinajstić information content (AvgIpc) is 2.41. The van der Waals surface area contributed by atoms with Gasteiger partial charge in [-0.1, -0.05) is 0 Å². The van der Waals surface area contributed by atoms with Gasteiger partial charge in [-0.2, -0.15) is 0 Å². The first-order chi connectivity index (χ1) is 9.10.